The van der Waals surface area contributed by atoms with Crippen LogP contribution in [0.5, 0.6) is 0 Å². The van der Waals surface area contributed by atoms with Crippen molar-refractivity contribution < 1.29 is 19.7 Å². The largest absolute Gasteiger partial charge is 0.388 e. The summed E-state index contributed by atoms with van der Waals surface area (Å²) in [7, 11) is 0. The number of allylic oxidation sites excluding steroid dienone is 1. The maximum absolute atomic E-state index is 13.9. The van der Waals surface area contributed by atoms with Crippen LogP contribution in [0.1, 0.15) is 46.1 Å². The first-order chi connectivity index (χ1) is 15.6. The summed E-state index contributed by atoms with van der Waals surface area (Å²) < 4.78 is 6.33. The number of carbonyl (C=O) groups excluding carboxylic acids is 1. The summed E-state index contributed by atoms with van der Waals surface area (Å²) in [6.07, 6.45) is 8.65. The van der Waals surface area contributed by atoms with Gasteiger partial charge >= 0.3 is 0 Å². The number of hydrogen-bond donors (Lipinski definition) is 3. The van der Waals surface area contributed by atoms with E-state index in [0.717, 1.165) is 6.42 Å². The third-order valence-electron chi connectivity index (χ3n) is 8.97. The van der Waals surface area contributed by atoms with Gasteiger partial charge in [0.05, 0.1) is 28.8 Å². The predicted molar refractivity (Wildman–Crippen MR) is 127 cm³/mol. The standard InChI is InChI=1S/C28H37NO4/c1-17-9-8-12-20-24-27(4,33-24)18(2)23-21(15-19-10-6-5-7-11-19)29-25(31)28(20,23)22(30)13-14-26(3,32)16-17/h5-8,10-14,17-18,20-24,30,32H,9,15-16H2,1-4H3,(H,29,31)/b12-8+,14-13+/t17-,18-,20+,21-,22+,23-,24-,26-,27+,28+/m0/s1. The van der Waals surface area contributed by atoms with E-state index in [-0.39, 0.29) is 47.3 Å². The molecule has 0 radical (unpaired) electrons. The molecule has 1 amide bonds. The molecule has 5 nitrogen and oxygen atoms in total. The zero-order valence-electron chi connectivity index (χ0n) is 20.1. The molecule has 5 heteroatoms. The van der Waals surface area contributed by atoms with Gasteiger partial charge in [0, 0.05) is 17.9 Å². The molecule has 3 fully saturated rings. The number of amides is 1. The van der Waals surface area contributed by atoms with Crippen molar-refractivity contribution in [2.45, 2.75) is 76.4 Å². The predicted octanol–water partition coefficient (Wildman–Crippen LogP) is 3.41. The van der Waals surface area contributed by atoms with Crippen LogP contribution >= 0.6 is 0 Å². The number of carbonyl (C=O) groups is 1. The summed E-state index contributed by atoms with van der Waals surface area (Å²) in [5, 5.41) is 25.9. The molecule has 0 unspecified atom stereocenters. The average Bonchev–Trinajstić information content (AvgIpc) is 3.37. The third kappa shape index (κ3) is 3.51. The van der Waals surface area contributed by atoms with Crippen LogP contribution in [0.4, 0.5) is 0 Å². The second kappa shape index (κ2) is 7.79. The van der Waals surface area contributed by atoms with Gasteiger partial charge in [-0.05, 0) is 50.5 Å². The molecule has 1 spiro atoms. The molecule has 178 valence electrons. The summed E-state index contributed by atoms with van der Waals surface area (Å²) >= 11 is 0. The first-order valence-electron chi connectivity index (χ1n) is 12.4. The Hall–Kier alpha value is -1.95. The Morgan fingerprint density at radius 2 is 1.88 bits per heavy atom. The van der Waals surface area contributed by atoms with Crippen LogP contribution in [-0.2, 0) is 16.0 Å². The fourth-order valence-corrected chi connectivity index (χ4v) is 7.25. The van der Waals surface area contributed by atoms with Gasteiger partial charge < -0.3 is 20.3 Å². The van der Waals surface area contributed by atoms with Gasteiger partial charge in [-0.2, -0.15) is 0 Å². The summed E-state index contributed by atoms with van der Waals surface area (Å²) in [4.78, 5) is 13.9. The molecule has 5 rings (SSSR count). The molecular formula is C28H37NO4. The van der Waals surface area contributed by atoms with E-state index in [1.165, 1.54) is 5.56 Å². The summed E-state index contributed by atoms with van der Waals surface area (Å²) in [5.74, 6) is -0.0603. The lowest BCUT2D eigenvalue weighted by atomic mass is 9.51. The molecule has 2 aliphatic heterocycles. The quantitative estimate of drug-likeness (QED) is 0.475. The Labute approximate surface area is 196 Å². The number of nitrogens with one attached hydrogen (secondary N) is 1. The van der Waals surface area contributed by atoms with E-state index < -0.39 is 17.1 Å². The Bertz CT molecular complexity index is 971. The van der Waals surface area contributed by atoms with Crippen LogP contribution in [-0.4, -0.2) is 45.6 Å². The minimum absolute atomic E-state index is 0.0902. The molecule has 3 N–H and O–H groups in total. The highest BCUT2D eigenvalue weighted by molar-refractivity contribution is 5.88. The van der Waals surface area contributed by atoms with Gasteiger partial charge in [-0.15, -0.1) is 0 Å². The van der Waals surface area contributed by atoms with Crippen molar-refractivity contribution >= 4 is 5.91 Å². The first kappa shape index (κ1) is 22.8. The summed E-state index contributed by atoms with van der Waals surface area (Å²) in [6.45, 7) is 8.23. The second-order valence-corrected chi connectivity index (χ2v) is 11.4. The van der Waals surface area contributed by atoms with Gasteiger partial charge in [0.15, 0.2) is 0 Å². The Kier molecular flexibility index (Phi) is 5.39. The van der Waals surface area contributed by atoms with Crippen molar-refractivity contribution in [1.29, 1.82) is 0 Å². The van der Waals surface area contributed by atoms with Crippen molar-refractivity contribution in [1.82, 2.24) is 5.32 Å². The smallest absolute Gasteiger partial charge is 0.230 e. The van der Waals surface area contributed by atoms with Gasteiger partial charge in [-0.25, -0.2) is 0 Å². The number of epoxide rings is 1. The average molecular weight is 452 g/mol. The van der Waals surface area contributed by atoms with Gasteiger partial charge in [-0.1, -0.05) is 68.5 Å². The number of aliphatic hydroxyl groups is 2. The van der Waals surface area contributed by atoms with Crippen molar-refractivity contribution in [3.05, 3.63) is 60.2 Å². The summed E-state index contributed by atoms with van der Waals surface area (Å²) in [6, 6.07) is 10.1. The molecule has 0 bridgehead atoms. The maximum atomic E-state index is 13.9. The van der Waals surface area contributed by atoms with E-state index in [1.54, 1.807) is 19.1 Å². The Balaban J connectivity index is 1.63. The van der Waals surface area contributed by atoms with Crippen LogP contribution in [0.15, 0.2) is 54.6 Å². The van der Waals surface area contributed by atoms with E-state index in [4.69, 9.17) is 4.74 Å². The Morgan fingerprint density at radius 1 is 1.15 bits per heavy atom. The van der Waals surface area contributed by atoms with Gasteiger partial charge in [-0.3, -0.25) is 4.79 Å². The highest BCUT2D eigenvalue weighted by Crippen LogP contribution is 2.66. The molecule has 2 saturated heterocycles. The number of ether oxygens (including phenoxy) is 1. The maximum Gasteiger partial charge on any atom is 0.230 e. The molecular weight excluding hydrogens is 414 g/mol. The van der Waals surface area contributed by atoms with E-state index in [1.807, 2.05) is 18.2 Å². The second-order valence-electron chi connectivity index (χ2n) is 11.4. The van der Waals surface area contributed by atoms with E-state index in [0.29, 0.717) is 12.8 Å². The zero-order valence-corrected chi connectivity index (χ0v) is 20.1. The minimum Gasteiger partial charge on any atom is -0.388 e. The number of aliphatic hydroxyl groups excluding tert-OH is 1. The molecule has 2 aliphatic carbocycles. The molecule has 10 atom stereocenters. The minimum atomic E-state index is -1.04. The molecule has 33 heavy (non-hydrogen) atoms. The van der Waals surface area contributed by atoms with Crippen LogP contribution in [0.25, 0.3) is 0 Å². The molecule has 4 aliphatic rings. The highest BCUT2D eigenvalue weighted by Gasteiger charge is 2.77. The van der Waals surface area contributed by atoms with Gasteiger partial charge in [0.1, 0.15) is 0 Å². The zero-order chi connectivity index (χ0) is 23.6. The molecule has 1 aromatic rings. The van der Waals surface area contributed by atoms with E-state index in [9.17, 15) is 15.0 Å². The SMILES string of the molecule is C[C@H]1C/C=C/[C@@H]2[C@@H]3O[C@]3(C)[C@@H](C)[C@H]3[C@H](Cc4ccccc4)NC(=O)[C@]32[C@H](O)/C=C/[C@](C)(O)C1. The van der Waals surface area contributed by atoms with E-state index in [2.05, 4.69) is 50.4 Å². The molecule has 1 saturated carbocycles. The van der Waals surface area contributed by atoms with Crippen molar-refractivity contribution in [3.8, 4) is 0 Å². The normalized spacial score (nSPS) is 50.7. The topological polar surface area (TPSA) is 82.1 Å². The van der Waals surface area contributed by atoms with Crippen molar-refractivity contribution in [2.75, 3.05) is 0 Å². The fraction of sp³-hybridized carbons (Fsp3) is 0.607. The summed E-state index contributed by atoms with van der Waals surface area (Å²) in [5.41, 5.74) is -1.20. The lowest BCUT2D eigenvalue weighted by Crippen LogP contribution is -2.59. The molecule has 2 heterocycles. The van der Waals surface area contributed by atoms with Gasteiger partial charge in [0.2, 0.25) is 5.91 Å². The van der Waals surface area contributed by atoms with E-state index >= 15 is 0 Å². The lowest BCUT2D eigenvalue weighted by Gasteiger charge is -2.48. The van der Waals surface area contributed by atoms with Crippen molar-refractivity contribution in [2.24, 2.45) is 29.1 Å². The lowest BCUT2D eigenvalue weighted by molar-refractivity contribution is -0.142. The Morgan fingerprint density at radius 3 is 2.61 bits per heavy atom. The van der Waals surface area contributed by atoms with Crippen molar-refractivity contribution in [3.63, 3.8) is 0 Å². The highest BCUT2D eigenvalue weighted by atomic mass is 16.6. The van der Waals surface area contributed by atoms with Crippen LogP contribution < -0.4 is 5.32 Å². The number of benzene rings is 1. The van der Waals surface area contributed by atoms with Gasteiger partial charge in [0.25, 0.3) is 0 Å². The molecule has 1 aromatic carbocycles. The fourth-order valence-electron chi connectivity index (χ4n) is 7.25. The number of fused-ring (bicyclic) bond motifs is 2. The number of hydrogen-bond acceptors (Lipinski definition) is 4. The third-order valence-corrected chi connectivity index (χ3v) is 8.97. The monoisotopic (exact) mass is 451 g/mol. The van der Waals surface area contributed by atoms with Crippen LogP contribution in [0.3, 0.4) is 0 Å². The van der Waals surface area contributed by atoms with Crippen LogP contribution in [0.2, 0.25) is 0 Å². The first-order valence-corrected chi connectivity index (χ1v) is 12.4. The molecule has 0 aromatic heterocycles. The number of rotatable bonds is 2. The van der Waals surface area contributed by atoms with Crippen LogP contribution in [0, 0.1) is 29.1 Å².